The number of benzene rings is 2. The first-order valence-corrected chi connectivity index (χ1v) is 13.1. The van der Waals surface area contributed by atoms with Crippen molar-refractivity contribution in [2.24, 2.45) is 0 Å². The predicted molar refractivity (Wildman–Crippen MR) is 131 cm³/mol. The highest BCUT2D eigenvalue weighted by molar-refractivity contribution is 7.89. The Bertz CT molecular complexity index is 1260. The summed E-state index contributed by atoms with van der Waals surface area (Å²) in [4.78, 5) is 15.2. The van der Waals surface area contributed by atoms with Gasteiger partial charge in [0.1, 0.15) is 5.82 Å². The molecule has 1 N–H and O–H groups in total. The van der Waals surface area contributed by atoms with Crippen molar-refractivity contribution in [1.29, 1.82) is 0 Å². The van der Waals surface area contributed by atoms with Crippen molar-refractivity contribution in [3.63, 3.8) is 0 Å². The van der Waals surface area contributed by atoms with E-state index in [4.69, 9.17) is 5.10 Å². The van der Waals surface area contributed by atoms with Gasteiger partial charge in [-0.1, -0.05) is 35.9 Å². The number of aryl methyl sites for hydroxylation is 1. The minimum absolute atomic E-state index is 0.130. The number of hydrogen-bond acceptors (Lipinski definition) is 5. The summed E-state index contributed by atoms with van der Waals surface area (Å²) in [5.74, 6) is 1.01. The molecule has 1 saturated carbocycles. The van der Waals surface area contributed by atoms with Gasteiger partial charge in [-0.05, 0) is 44.0 Å². The molecule has 0 atom stereocenters. The Morgan fingerprint density at radius 3 is 2.32 bits per heavy atom. The van der Waals surface area contributed by atoms with E-state index in [2.05, 4.69) is 5.32 Å². The number of anilines is 1. The number of amides is 1. The number of nitrogens with one attached hydrogen (secondary N) is 1. The van der Waals surface area contributed by atoms with Crippen LogP contribution in [0.3, 0.4) is 0 Å². The first-order valence-electron chi connectivity index (χ1n) is 11.6. The van der Waals surface area contributed by atoms with Crippen LogP contribution in [0.4, 0.5) is 5.82 Å². The van der Waals surface area contributed by atoms with Crippen molar-refractivity contribution < 1.29 is 13.2 Å². The average Bonchev–Trinajstić information content (AvgIpc) is 3.61. The van der Waals surface area contributed by atoms with Gasteiger partial charge in [-0.15, -0.1) is 0 Å². The number of hydrogen-bond donors (Lipinski definition) is 1. The average molecular weight is 480 g/mol. The minimum atomic E-state index is -3.52. The van der Waals surface area contributed by atoms with Gasteiger partial charge in [0.2, 0.25) is 15.9 Å². The van der Waals surface area contributed by atoms with Crippen molar-refractivity contribution >= 4 is 21.7 Å². The van der Waals surface area contributed by atoms with E-state index < -0.39 is 10.0 Å². The van der Waals surface area contributed by atoms with E-state index in [1.165, 1.54) is 4.31 Å². The van der Waals surface area contributed by atoms with Gasteiger partial charge in [-0.25, -0.2) is 13.1 Å². The normalized spacial score (nSPS) is 17.6. The molecule has 0 spiro atoms. The Balaban J connectivity index is 1.21. The van der Waals surface area contributed by atoms with Crippen LogP contribution in [0, 0.1) is 6.92 Å². The molecule has 9 heteroatoms. The zero-order valence-corrected chi connectivity index (χ0v) is 20.0. The lowest BCUT2D eigenvalue weighted by Gasteiger charge is -2.33. The van der Waals surface area contributed by atoms with Gasteiger partial charge in [0.15, 0.2) is 0 Å². The third-order valence-electron chi connectivity index (χ3n) is 6.35. The van der Waals surface area contributed by atoms with E-state index in [-0.39, 0.29) is 12.5 Å². The molecule has 2 fully saturated rings. The van der Waals surface area contributed by atoms with Gasteiger partial charge in [-0.2, -0.15) is 9.40 Å². The number of rotatable bonds is 7. The minimum Gasteiger partial charge on any atom is -0.309 e. The standard InChI is InChI=1S/C25H29N5O3S/c1-19-7-11-22(12-8-19)34(32,33)29-15-13-28(14-16-29)18-25(31)26-24-17-23(20-9-10-20)27-30(24)21-5-3-2-4-6-21/h2-8,11-12,17,20H,9-10,13-16,18H2,1H3,(H,26,31). The molecule has 2 aromatic carbocycles. The number of sulfonamides is 1. The van der Waals surface area contributed by atoms with Crippen LogP contribution >= 0.6 is 0 Å². The van der Waals surface area contributed by atoms with Gasteiger partial charge < -0.3 is 5.32 Å². The molecular formula is C25H29N5O3S. The number of para-hydroxylation sites is 1. The monoisotopic (exact) mass is 479 g/mol. The topological polar surface area (TPSA) is 87.5 Å². The quantitative estimate of drug-likeness (QED) is 0.563. The number of aromatic nitrogens is 2. The molecule has 3 aromatic rings. The molecule has 2 heterocycles. The Hall–Kier alpha value is -3.01. The molecule has 1 saturated heterocycles. The predicted octanol–water partition coefficient (Wildman–Crippen LogP) is 3.00. The Morgan fingerprint density at radius 1 is 1.00 bits per heavy atom. The van der Waals surface area contributed by atoms with Gasteiger partial charge >= 0.3 is 0 Å². The molecule has 34 heavy (non-hydrogen) atoms. The van der Waals surface area contributed by atoms with Crippen LogP contribution in [0.25, 0.3) is 5.69 Å². The Morgan fingerprint density at radius 2 is 1.68 bits per heavy atom. The van der Waals surface area contributed by atoms with E-state index in [1.54, 1.807) is 16.8 Å². The molecule has 1 amide bonds. The number of piperazine rings is 1. The maximum atomic E-state index is 12.9. The van der Waals surface area contributed by atoms with Crippen LogP contribution < -0.4 is 5.32 Å². The lowest BCUT2D eigenvalue weighted by molar-refractivity contribution is -0.117. The summed E-state index contributed by atoms with van der Waals surface area (Å²) in [6.07, 6.45) is 2.27. The van der Waals surface area contributed by atoms with Crippen LogP contribution in [0.1, 0.15) is 30.0 Å². The van der Waals surface area contributed by atoms with Crippen LogP contribution in [0.2, 0.25) is 0 Å². The van der Waals surface area contributed by atoms with Crippen molar-refractivity contribution in [2.45, 2.75) is 30.6 Å². The van der Waals surface area contributed by atoms with Gasteiger partial charge in [0.25, 0.3) is 0 Å². The molecule has 0 bridgehead atoms. The summed E-state index contributed by atoms with van der Waals surface area (Å²) in [5.41, 5.74) is 2.93. The van der Waals surface area contributed by atoms with E-state index in [0.717, 1.165) is 29.8 Å². The van der Waals surface area contributed by atoms with E-state index in [9.17, 15) is 13.2 Å². The summed E-state index contributed by atoms with van der Waals surface area (Å²) in [6, 6.07) is 18.7. The number of nitrogens with zero attached hydrogens (tertiary/aromatic N) is 4. The second kappa shape index (κ2) is 9.32. The van der Waals surface area contributed by atoms with E-state index >= 15 is 0 Å². The van der Waals surface area contributed by atoms with Crippen LogP contribution in [0.15, 0.2) is 65.6 Å². The smallest absolute Gasteiger partial charge is 0.243 e. The summed E-state index contributed by atoms with van der Waals surface area (Å²) < 4.78 is 29.1. The fraction of sp³-hybridized carbons (Fsp3) is 0.360. The molecule has 1 aromatic heterocycles. The number of carbonyl (C=O) groups is 1. The highest BCUT2D eigenvalue weighted by atomic mass is 32.2. The first-order chi connectivity index (χ1) is 16.4. The second-order valence-corrected chi connectivity index (χ2v) is 11.0. The fourth-order valence-corrected chi connectivity index (χ4v) is 5.63. The summed E-state index contributed by atoms with van der Waals surface area (Å²) >= 11 is 0. The summed E-state index contributed by atoms with van der Waals surface area (Å²) in [7, 11) is -3.52. The summed E-state index contributed by atoms with van der Waals surface area (Å²) in [5, 5.41) is 7.75. The molecular weight excluding hydrogens is 450 g/mol. The van der Waals surface area contributed by atoms with Crippen LogP contribution in [0.5, 0.6) is 0 Å². The maximum absolute atomic E-state index is 12.9. The molecule has 1 aliphatic carbocycles. The zero-order chi connectivity index (χ0) is 23.7. The van der Waals surface area contributed by atoms with Crippen molar-refractivity contribution in [2.75, 3.05) is 38.0 Å². The molecule has 0 unspecified atom stereocenters. The van der Waals surface area contributed by atoms with Crippen molar-refractivity contribution in [3.8, 4) is 5.69 Å². The van der Waals surface area contributed by atoms with Gasteiger partial charge in [0.05, 0.1) is 22.8 Å². The second-order valence-electron chi connectivity index (χ2n) is 9.02. The molecule has 2 aliphatic rings. The third-order valence-corrected chi connectivity index (χ3v) is 8.26. The lowest BCUT2D eigenvalue weighted by atomic mass is 10.2. The molecule has 8 nitrogen and oxygen atoms in total. The molecule has 5 rings (SSSR count). The fourth-order valence-electron chi connectivity index (χ4n) is 4.21. The first kappa shape index (κ1) is 22.8. The van der Waals surface area contributed by atoms with Crippen LogP contribution in [-0.2, 0) is 14.8 Å². The summed E-state index contributed by atoms with van der Waals surface area (Å²) in [6.45, 7) is 3.86. The third kappa shape index (κ3) is 4.91. The maximum Gasteiger partial charge on any atom is 0.243 e. The van der Waals surface area contributed by atoms with Crippen molar-refractivity contribution in [1.82, 2.24) is 19.0 Å². The Kier molecular flexibility index (Phi) is 6.24. The van der Waals surface area contributed by atoms with Crippen molar-refractivity contribution in [3.05, 3.63) is 71.9 Å². The largest absolute Gasteiger partial charge is 0.309 e. The van der Waals surface area contributed by atoms with Gasteiger partial charge in [0, 0.05) is 38.2 Å². The van der Waals surface area contributed by atoms with E-state index in [0.29, 0.717) is 42.8 Å². The molecule has 0 radical (unpaired) electrons. The number of carbonyl (C=O) groups excluding carboxylic acids is 1. The van der Waals surface area contributed by atoms with Crippen LogP contribution in [-0.4, -0.2) is 66.0 Å². The highest BCUT2D eigenvalue weighted by Gasteiger charge is 2.30. The molecule has 1 aliphatic heterocycles. The SMILES string of the molecule is Cc1ccc(S(=O)(=O)N2CCN(CC(=O)Nc3cc(C4CC4)nn3-c3ccccc3)CC2)cc1. The lowest BCUT2D eigenvalue weighted by Crippen LogP contribution is -2.50. The Labute approximate surface area is 200 Å². The highest BCUT2D eigenvalue weighted by Crippen LogP contribution is 2.40. The van der Waals surface area contributed by atoms with E-state index in [1.807, 2.05) is 60.4 Å². The zero-order valence-electron chi connectivity index (χ0n) is 19.2. The van der Waals surface area contributed by atoms with Gasteiger partial charge in [-0.3, -0.25) is 9.69 Å². The molecule has 178 valence electrons.